The van der Waals surface area contributed by atoms with Crippen LogP contribution in [0.1, 0.15) is 11.1 Å². The molecule has 0 unspecified atom stereocenters. The van der Waals surface area contributed by atoms with Crippen molar-refractivity contribution < 1.29 is 0 Å². The minimum absolute atomic E-state index is 1.28. The SMILES string of the molecule is Cc1ccc(-c2ccc3c(c2)sc2c3ccc3c4ccc(-c5ccc(C)cc5)cc4sc32)cc1. The largest absolute Gasteiger partial charge is 0.134 e. The van der Waals surface area contributed by atoms with Gasteiger partial charge in [-0.25, -0.2) is 0 Å². The van der Waals surface area contributed by atoms with Gasteiger partial charge in [-0.1, -0.05) is 96.1 Å². The number of thiophene rings is 2. The fourth-order valence-electron chi connectivity index (χ4n) is 4.92. The normalized spacial score (nSPS) is 11.8. The maximum Gasteiger partial charge on any atom is 0.0534 e. The molecule has 0 aliphatic rings. The fraction of sp³-hybridized carbons (Fsp3) is 0.0625. The smallest absolute Gasteiger partial charge is 0.0534 e. The molecule has 2 heterocycles. The maximum atomic E-state index is 2.36. The van der Waals surface area contributed by atoms with Crippen molar-refractivity contribution in [3.8, 4) is 22.3 Å². The van der Waals surface area contributed by atoms with Crippen LogP contribution >= 0.6 is 22.7 Å². The first-order valence-corrected chi connectivity index (χ1v) is 13.2. The molecule has 0 fully saturated rings. The minimum Gasteiger partial charge on any atom is -0.134 e. The third-order valence-corrected chi connectivity index (χ3v) is 9.35. The van der Waals surface area contributed by atoms with E-state index in [4.69, 9.17) is 0 Å². The molecular weight excluding hydrogens is 448 g/mol. The van der Waals surface area contributed by atoms with Crippen molar-refractivity contribution in [3.63, 3.8) is 0 Å². The van der Waals surface area contributed by atoms with Gasteiger partial charge in [-0.3, -0.25) is 0 Å². The van der Waals surface area contributed by atoms with Gasteiger partial charge in [0.1, 0.15) is 0 Å². The molecular formula is C32H22S2. The number of fused-ring (bicyclic) bond motifs is 7. The van der Waals surface area contributed by atoms with E-state index in [-0.39, 0.29) is 0 Å². The van der Waals surface area contributed by atoms with E-state index in [9.17, 15) is 0 Å². The first kappa shape index (κ1) is 20.0. The van der Waals surface area contributed by atoms with E-state index in [0.29, 0.717) is 0 Å². The first-order valence-electron chi connectivity index (χ1n) is 11.6. The molecule has 0 aliphatic carbocycles. The van der Waals surface area contributed by atoms with E-state index in [1.807, 2.05) is 22.7 Å². The maximum absolute atomic E-state index is 2.36. The molecule has 0 atom stereocenters. The molecule has 0 bridgehead atoms. The second kappa shape index (κ2) is 7.53. The van der Waals surface area contributed by atoms with Crippen LogP contribution in [0.3, 0.4) is 0 Å². The van der Waals surface area contributed by atoms with Crippen molar-refractivity contribution in [1.29, 1.82) is 0 Å². The lowest BCUT2D eigenvalue weighted by Gasteiger charge is -2.03. The van der Waals surface area contributed by atoms with Gasteiger partial charge in [-0.15, -0.1) is 22.7 Å². The Labute approximate surface area is 206 Å². The highest BCUT2D eigenvalue weighted by molar-refractivity contribution is 7.33. The highest BCUT2D eigenvalue weighted by atomic mass is 32.1. The highest BCUT2D eigenvalue weighted by Gasteiger charge is 2.14. The lowest BCUT2D eigenvalue weighted by Crippen LogP contribution is -1.78. The van der Waals surface area contributed by atoms with Crippen LogP contribution in [-0.4, -0.2) is 0 Å². The summed E-state index contributed by atoms with van der Waals surface area (Å²) >= 11 is 3.86. The van der Waals surface area contributed by atoms with Gasteiger partial charge in [0.2, 0.25) is 0 Å². The zero-order valence-corrected chi connectivity index (χ0v) is 20.7. The predicted molar refractivity (Wildman–Crippen MR) is 153 cm³/mol. The molecule has 34 heavy (non-hydrogen) atoms. The summed E-state index contributed by atoms with van der Waals surface area (Å²) in [5.41, 5.74) is 7.72. The number of benzene rings is 5. The molecule has 162 valence electrons. The molecule has 0 N–H and O–H groups in total. The van der Waals surface area contributed by atoms with Crippen LogP contribution < -0.4 is 0 Å². The summed E-state index contributed by atoms with van der Waals surface area (Å²) in [7, 11) is 0. The summed E-state index contributed by atoms with van der Waals surface area (Å²) in [4.78, 5) is 0. The van der Waals surface area contributed by atoms with E-state index in [0.717, 1.165) is 0 Å². The van der Waals surface area contributed by atoms with Gasteiger partial charge < -0.3 is 0 Å². The van der Waals surface area contributed by atoms with Crippen molar-refractivity contribution in [2.45, 2.75) is 13.8 Å². The number of rotatable bonds is 2. The summed E-state index contributed by atoms with van der Waals surface area (Å²) in [5.74, 6) is 0. The highest BCUT2D eigenvalue weighted by Crippen LogP contribution is 2.45. The van der Waals surface area contributed by atoms with Crippen LogP contribution in [0.15, 0.2) is 97.1 Å². The predicted octanol–water partition coefficient (Wildman–Crippen LogP) is 10.4. The molecule has 0 saturated heterocycles. The summed E-state index contributed by atoms with van der Waals surface area (Å²) in [6.45, 7) is 4.28. The second-order valence-electron chi connectivity index (χ2n) is 9.18. The van der Waals surface area contributed by atoms with Crippen LogP contribution in [0.25, 0.3) is 62.6 Å². The Morgan fingerprint density at radius 2 is 0.735 bits per heavy atom. The average molecular weight is 471 g/mol. The molecule has 0 nitrogen and oxygen atoms in total. The fourth-order valence-corrected chi connectivity index (χ4v) is 7.54. The van der Waals surface area contributed by atoms with Crippen molar-refractivity contribution >= 4 is 63.0 Å². The lowest BCUT2D eigenvalue weighted by atomic mass is 10.0. The monoisotopic (exact) mass is 470 g/mol. The molecule has 0 saturated carbocycles. The minimum atomic E-state index is 1.28. The topological polar surface area (TPSA) is 0 Å². The number of aryl methyl sites for hydroxylation is 2. The summed E-state index contributed by atoms with van der Waals surface area (Å²) < 4.78 is 5.54. The molecule has 0 radical (unpaired) electrons. The van der Waals surface area contributed by atoms with Crippen molar-refractivity contribution in [3.05, 3.63) is 108 Å². The Balaban J connectivity index is 1.41. The van der Waals surface area contributed by atoms with Gasteiger partial charge in [0.15, 0.2) is 0 Å². The van der Waals surface area contributed by atoms with Gasteiger partial charge in [0.25, 0.3) is 0 Å². The van der Waals surface area contributed by atoms with Gasteiger partial charge in [0, 0.05) is 30.9 Å². The van der Waals surface area contributed by atoms with E-state index in [1.54, 1.807) is 0 Å². The second-order valence-corrected chi connectivity index (χ2v) is 11.3. The van der Waals surface area contributed by atoms with Gasteiger partial charge in [-0.2, -0.15) is 0 Å². The molecule has 2 aromatic heterocycles. The molecule has 0 aliphatic heterocycles. The summed E-state index contributed by atoms with van der Waals surface area (Å²) in [5, 5.41) is 5.45. The van der Waals surface area contributed by atoms with Crippen LogP contribution in [0.5, 0.6) is 0 Å². The van der Waals surface area contributed by atoms with E-state index < -0.39 is 0 Å². The summed E-state index contributed by atoms with van der Waals surface area (Å²) in [6, 6.07) is 36.2. The molecule has 0 spiro atoms. The van der Waals surface area contributed by atoms with Crippen LogP contribution in [-0.2, 0) is 0 Å². The average Bonchev–Trinajstić information content (AvgIpc) is 3.42. The third-order valence-electron chi connectivity index (χ3n) is 6.85. The molecule has 0 amide bonds. The van der Waals surface area contributed by atoms with E-state index in [2.05, 4.69) is 111 Å². The Kier molecular flexibility index (Phi) is 4.42. The van der Waals surface area contributed by atoms with E-state index in [1.165, 1.54) is 73.7 Å². The van der Waals surface area contributed by atoms with Crippen molar-refractivity contribution in [1.82, 2.24) is 0 Å². The molecule has 5 aromatic carbocycles. The molecule has 7 aromatic rings. The number of hydrogen-bond acceptors (Lipinski definition) is 2. The van der Waals surface area contributed by atoms with E-state index >= 15 is 0 Å². The number of hydrogen-bond donors (Lipinski definition) is 0. The third kappa shape index (κ3) is 3.10. The Hall–Kier alpha value is -3.46. The molecule has 7 rings (SSSR count). The van der Waals surface area contributed by atoms with Crippen molar-refractivity contribution in [2.24, 2.45) is 0 Å². The lowest BCUT2D eigenvalue weighted by molar-refractivity contribution is 1.47. The summed E-state index contributed by atoms with van der Waals surface area (Å²) in [6.07, 6.45) is 0. The standard InChI is InChI=1S/C32H22S2/c1-19-3-7-21(8-4-19)23-11-13-25-27-15-16-28-26-14-12-24(22-9-5-20(2)6-10-22)18-30(26)34-32(28)31(27)33-29(25)17-23/h3-18H,1-2H3. The Morgan fingerprint density at radius 3 is 1.15 bits per heavy atom. The van der Waals surface area contributed by atoms with Gasteiger partial charge in [-0.05, 0) is 48.2 Å². The van der Waals surface area contributed by atoms with Crippen LogP contribution in [0, 0.1) is 13.8 Å². The zero-order chi connectivity index (χ0) is 22.8. The molecule has 2 heteroatoms. The van der Waals surface area contributed by atoms with Gasteiger partial charge >= 0.3 is 0 Å². The quantitative estimate of drug-likeness (QED) is 0.236. The Bertz CT molecular complexity index is 1710. The van der Waals surface area contributed by atoms with Gasteiger partial charge in [0.05, 0.1) is 9.40 Å². The van der Waals surface area contributed by atoms with Crippen LogP contribution in [0.4, 0.5) is 0 Å². The van der Waals surface area contributed by atoms with Crippen molar-refractivity contribution in [2.75, 3.05) is 0 Å². The zero-order valence-electron chi connectivity index (χ0n) is 19.1. The first-order chi connectivity index (χ1) is 16.6. The Morgan fingerprint density at radius 1 is 0.382 bits per heavy atom. The van der Waals surface area contributed by atoms with Crippen LogP contribution in [0.2, 0.25) is 0 Å².